The van der Waals surface area contributed by atoms with Gasteiger partial charge in [-0.15, -0.1) is 0 Å². The summed E-state index contributed by atoms with van der Waals surface area (Å²) in [5.74, 6) is -0.0585. The first-order valence-electron chi connectivity index (χ1n) is 18.5. The van der Waals surface area contributed by atoms with Crippen LogP contribution in [0.5, 0.6) is 0 Å². The van der Waals surface area contributed by atoms with Crippen molar-refractivity contribution in [2.45, 2.75) is 155 Å². The van der Waals surface area contributed by atoms with Crippen molar-refractivity contribution in [3.05, 3.63) is 0 Å². The van der Waals surface area contributed by atoms with Crippen molar-refractivity contribution >= 4 is 35.7 Å². The molecule has 0 aliphatic heterocycles. The van der Waals surface area contributed by atoms with Gasteiger partial charge in [0.25, 0.3) is 0 Å². The molecule has 0 aromatic rings. The maximum atomic E-state index is 12.0. The first-order valence-corrected chi connectivity index (χ1v) is 18.5. The van der Waals surface area contributed by atoms with E-state index in [4.69, 9.17) is 4.74 Å². The van der Waals surface area contributed by atoms with Crippen molar-refractivity contribution in [2.24, 2.45) is 0 Å². The minimum Gasteiger partial charge on any atom is -0.469 e. The molecule has 5 amide bonds. The lowest BCUT2D eigenvalue weighted by molar-refractivity contribution is -0.140. The van der Waals surface area contributed by atoms with Gasteiger partial charge in [0.2, 0.25) is 23.6 Å². The zero-order valence-corrected chi connectivity index (χ0v) is 30.9. The van der Waals surface area contributed by atoms with Crippen LogP contribution in [-0.4, -0.2) is 81.1 Å². The smallest absolute Gasteiger partial charge is 0.407 e. The van der Waals surface area contributed by atoms with Crippen LogP contribution in [-0.2, 0) is 33.4 Å². The summed E-state index contributed by atoms with van der Waals surface area (Å²) in [5, 5.41) is 14.4. The van der Waals surface area contributed by atoms with Gasteiger partial charge in [-0.25, -0.2) is 4.79 Å². The zero-order valence-electron chi connectivity index (χ0n) is 30.9. The van der Waals surface area contributed by atoms with Crippen LogP contribution in [0.15, 0.2) is 0 Å². The molecule has 0 bridgehead atoms. The molecule has 0 radical (unpaired) electrons. The van der Waals surface area contributed by atoms with E-state index in [9.17, 15) is 28.8 Å². The lowest BCUT2D eigenvalue weighted by atomic mass is 10.1. The highest BCUT2D eigenvalue weighted by atomic mass is 16.6. The number of rotatable bonds is 30. The van der Waals surface area contributed by atoms with Gasteiger partial charge in [0.05, 0.1) is 7.11 Å². The molecule has 0 aromatic heterocycles. The molecule has 0 spiro atoms. The Labute approximate surface area is 294 Å². The molecule has 0 unspecified atom stereocenters. The SMILES string of the molecule is COC(=O)CCCCCNC(=O)CCCCCNC(=O)CCCCCNC(=O)CCCCCNC(=O)CCCCCNC(=O)OC(C)(C)C. The number of nitrogens with one attached hydrogen (secondary N) is 5. The van der Waals surface area contributed by atoms with E-state index in [0.717, 1.165) is 96.3 Å². The average molecular weight is 698 g/mol. The van der Waals surface area contributed by atoms with Crippen LogP contribution in [0.3, 0.4) is 0 Å². The van der Waals surface area contributed by atoms with E-state index in [1.54, 1.807) is 0 Å². The van der Waals surface area contributed by atoms with Gasteiger partial charge in [-0.2, -0.15) is 0 Å². The number of methoxy groups -OCH3 is 1. The van der Waals surface area contributed by atoms with Crippen LogP contribution in [0.1, 0.15) is 149 Å². The molecule has 0 aromatic carbocycles. The molecule has 0 saturated heterocycles. The van der Waals surface area contributed by atoms with Crippen molar-refractivity contribution in [3.63, 3.8) is 0 Å². The third-order valence-corrected chi connectivity index (χ3v) is 7.56. The summed E-state index contributed by atoms with van der Waals surface area (Å²) < 4.78 is 9.78. The van der Waals surface area contributed by atoms with Crippen LogP contribution >= 0.6 is 0 Å². The normalized spacial score (nSPS) is 10.9. The zero-order chi connectivity index (χ0) is 36.6. The fraction of sp³-hybridized carbons (Fsp3) is 0.833. The number of hydrogen-bond donors (Lipinski definition) is 5. The molecule has 0 saturated carbocycles. The lowest BCUT2D eigenvalue weighted by Gasteiger charge is -2.19. The third kappa shape index (κ3) is 34.3. The van der Waals surface area contributed by atoms with Crippen molar-refractivity contribution < 1.29 is 38.2 Å². The van der Waals surface area contributed by atoms with Gasteiger partial charge in [0.15, 0.2) is 0 Å². The largest absolute Gasteiger partial charge is 0.469 e. The minimum atomic E-state index is -0.510. The second-order valence-electron chi connectivity index (χ2n) is 13.5. The minimum absolute atomic E-state index is 0.0304. The molecule has 13 heteroatoms. The lowest BCUT2D eigenvalue weighted by Crippen LogP contribution is -2.33. The van der Waals surface area contributed by atoms with E-state index in [0.29, 0.717) is 64.8 Å². The van der Waals surface area contributed by atoms with Gasteiger partial charge >= 0.3 is 12.1 Å². The molecular weight excluding hydrogens is 630 g/mol. The molecule has 0 atom stereocenters. The third-order valence-electron chi connectivity index (χ3n) is 7.56. The van der Waals surface area contributed by atoms with Gasteiger partial charge in [0.1, 0.15) is 5.60 Å². The first kappa shape index (κ1) is 45.6. The second kappa shape index (κ2) is 30.7. The Bertz CT molecular complexity index is 939. The van der Waals surface area contributed by atoms with E-state index >= 15 is 0 Å². The van der Waals surface area contributed by atoms with Crippen molar-refractivity contribution in [1.29, 1.82) is 0 Å². The Morgan fingerprint density at radius 2 is 0.694 bits per heavy atom. The molecule has 13 nitrogen and oxygen atoms in total. The first-order chi connectivity index (χ1) is 23.4. The Hall–Kier alpha value is -3.38. The number of esters is 1. The molecule has 49 heavy (non-hydrogen) atoms. The van der Waals surface area contributed by atoms with E-state index in [1.807, 2.05) is 20.8 Å². The Kier molecular flexibility index (Phi) is 28.5. The molecule has 0 aliphatic rings. The van der Waals surface area contributed by atoms with Crippen LogP contribution in [0.4, 0.5) is 4.79 Å². The van der Waals surface area contributed by atoms with Gasteiger partial charge in [0, 0.05) is 64.8 Å². The molecule has 0 aliphatic carbocycles. The summed E-state index contributed by atoms with van der Waals surface area (Å²) in [4.78, 5) is 70.5. The van der Waals surface area contributed by atoms with E-state index < -0.39 is 11.7 Å². The summed E-state index contributed by atoms with van der Waals surface area (Å²) in [6, 6.07) is 0. The molecule has 0 rings (SSSR count). The summed E-state index contributed by atoms with van der Waals surface area (Å²) in [5.41, 5.74) is -0.510. The van der Waals surface area contributed by atoms with Crippen LogP contribution in [0, 0.1) is 0 Å². The van der Waals surface area contributed by atoms with Crippen LogP contribution in [0.25, 0.3) is 0 Å². The number of hydrogen-bond acceptors (Lipinski definition) is 8. The summed E-state index contributed by atoms with van der Waals surface area (Å²) in [6.07, 6.45) is 14.3. The number of amides is 5. The maximum Gasteiger partial charge on any atom is 0.407 e. The van der Waals surface area contributed by atoms with Crippen LogP contribution < -0.4 is 26.6 Å². The number of carbonyl (C=O) groups excluding carboxylic acids is 6. The Morgan fingerprint density at radius 1 is 0.408 bits per heavy atom. The fourth-order valence-electron chi connectivity index (χ4n) is 4.79. The predicted molar refractivity (Wildman–Crippen MR) is 191 cm³/mol. The number of alkyl carbamates (subject to hydrolysis) is 1. The second-order valence-corrected chi connectivity index (χ2v) is 13.5. The van der Waals surface area contributed by atoms with E-state index in [2.05, 4.69) is 31.3 Å². The highest BCUT2D eigenvalue weighted by molar-refractivity contribution is 5.77. The van der Waals surface area contributed by atoms with E-state index in [1.165, 1.54) is 7.11 Å². The van der Waals surface area contributed by atoms with Gasteiger partial charge in [-0.3, -0.25) is 24.0 Å². The molecule has 284 valence electrons. The summed E-state index contributed by atoms with van der Waals surface area (Å²) in [7, 11) is 1.38. The average Bonchev–Trinajstić information content (AvgIpc) is 3.04. The van der Waals surface area contributed by atoms with Crippen LogP contribution in [0.2, 0.25) is 0 Å². The summed E-state index contributed by atoms with van der Waals surface area (Å²) >= 11 is 0. The highest BCUT2D eigenvalue weighted by Gasteiger charge is 2.15. The topological polar surface area (TPSA) is 181 Å². The standard InChI is InChI=1S/C36H67N5O8/c1-36(2,3)49-35(47)41-29-19-8-13-23-33(45)39-27-17-6-11-21-31(43)37-25-15-5-10-20-30(42)38-26-16-7-12-22-32(44)40-28-18-9-14-24-34(46)48-4/h5-29H2,1-4H3,(H,37,43)(H,38,42)(H,39,45)(H,40,44)(H,41,47). The van der Waals surface area contributed by atoms with Gasteiger partial charge in [-0.05, 0) is 85.0 Å². The summed E-state index contributed by atoms with van der Waals surface area (Å²) in [6.45, 7) is 8.44. The van der Waals surface area contributed by atoms with Crippen molar-refractivity contribution in [3.8, 4) is 0 Å². The number of ether oxygens (including phenoxy) is 2. The maximum absolute atomic E-state index is 12.0. The fourth-order valence-corrected chi connectivity index (χ4v) is 4.79. The van der Waals surface area contributed by atoms with Gasteiger partial charge in [-0.1, -0.05) is 32.1 Å². The molecule has 0 fully saturated rings. The number of carbonyl (C=O) groups is 6. The quantitative estimate of drug-likeness (QED) is 0.0516. The Morgan fingerprint density at radius 3 is 0.980 bits per heavy atom. The van der Waals surface area contributed by atoms with Crippen molar-refractivity contribution in [1.82, 2.24) is 26.6 Å². The highest BCUT2D eigenvalue weighted by Crippen LogP contribution is 2.07. The predicted octanol–water partition coefficient (Wildman–Crippen LogP) is 4.95. The molecular formula is C36H67N5O8. The molecule has 5 N–H and O–H groups in total. The molecule has 0 heterocycles. The monoisotopic (exact) mass is 697 g/mol. The Balaban J connectivity index is 3.47. The van der Waals surface area contributed by atoms with Gasteiger partial charge < -0.3 is 36.1 Å². The van der Waals surface area contributed by atoms with Crippen molar-refractivity contribution in [2.75, 3.05) is 39.8 Å². The number of unbranched alkanes of at least 4 members (excludes halogenated alkanes) is 10. The van der Waals surface area contributed by atoms with E-state index in [-0.39, 0.29) is 29.6 Å².